The number of sulfonamides is 1. The number of anilines is 1. The van der Waals surface area contributed by atoms with Crippen LogP contribution in [-0.4, -0.2) is 44.3 Å². The smallest absolute Gasteiger partial charge is 0.264 e. The van der Waals surface area contributed by atoms with E-state index in [1.54, 1.807) is 18.2 Å². The fraction of sp³-hybridized carbons (Fsp3) is 0.333. The van der Waals surface area contributed by atoms with Crippen LogP contribution >= 0.6 is 23.2 Å². The monoisotopic (exact) mass is 603 g/mol. The van der Waals surface area contributed by atoms with Crippen molar-refractivity contribution in [3.63, 3.8) is 0 Å². The molecule has 0 radical (unpaired) electrons. The van der Waals surface area contributed by atoms with Gasteiger partial charge in [-0.05, 0) is 60.7 Å². The summed E-state index contributed by atoms with van der Waals surface area (Å²) in [5.74, 6) is -0.604. The van der Waals surface area contributed by atoms with E-state index in [2.05, 4.69) is 5.32 Å². The first-order chi connectivity index (χ1) is 18.9. The molecule has 3 aromatic rings. The van der Waals surface area contributed by atoms with Crippen LogP contribution < -0.4 is 9.62 Å². The van der Waals surface area contributed by atoms with Crippen LogP contribution in [0.3, 0.4) is 0 Å². The Kier molecular flexibility index (Phi) is 11.0. The first-order valence-electron chi connectivity index (χ1n) is 13.1. The molecular formula is C30H35Cl2N3O4S. The van der Waals surface area contributed by atoms with Gasteiger partial charge in [0.05, 0.1) is 10.6 Å². The van der Waals surface area contributed by atoms with Crippen LogP contribution in [0.2, 0.25) is 10.0 Å². The molecule has 0 fully saturated rings. The van der Waals surface area contributed by atoms with E-state index in [1.807, 2.05) is 52.0 Å². The topological polar surface area (TPSA) is 86.8 Å². The predicted octanol–water partition coefficient (Wildman–Crippen LogP) is 6.08. The maximum Gasteiger partial charge on any atom is 0.264 e. The lowest BCUT2D eigenvalue weighted by Gasteiger charge is -2.33. The number of carbonyl (C=O) groups is 2. The van der Waals surface area contributed by atoms with Gasteiger partial charge in [0.2, 0.25) is 11.8 Å². The summed E-state index contributed by atoms with van der Waals surface area (Å²) < 4.78 is 28.7. The van der Waals surface area contributed by atoms with Crippen molar-refractivity contribution < 1.29 is 18.0 Å². The Morgan fingerprint density at radius 1 is 0.925 bits per heavy atom. The van der Waals surface area contributed by atoms with Gasteiger partial charge in [0, 0.05) is 23.1 Å². The fourth-order valence-corrected chi connectivity index (χ4v) is 6.18. The predicted molar refractivity (Wildman–Crippen MR) is 161 cm³/mol. The lowest BCUT2D eigenvalue weighted by molar-refractivity contribution is -0.140. The first kappa shape index (κ1) is 31.5. The third-order valence-electron chi connectivity index (χ3n) is 6.42. The Morgan fingerprint density at radius 2 is 1.52 bits per heavy atom. The molecule has 0 aliphatic carbocycles. The zero-order valence-corrected chi connectivity index (χ0v) is 25.4. The van der Waals surface area contributed by atoms with Gasteiger partial charge in [-0.2, -0.15) is 0 Å². The van der Waals surface area contributed by atoms with Gasteiger partial charge in [0.1, 0.15) is 12.6 Å². The molecule has 0 aromatic heterocycles. The highest BCUT2D eigenvalue weighted by Crippen LogP contribution is 2.30. The van der Waals surface area contributed by atoms with Crippen molar-refractivity contribution in [3.8, 4) is 0 Å². The van der Waals surface area contributed by atoms with E-state index in [0.29, 0.717) is 13.0 Å². The molecule has 10 heteroatoms. The van der Waals surface area contributed by atoms with E-state index in [4.69, 9.17) is 23.2 Å². The molecule has 2 amide bonds. The number of rotatable bonds is 12. The molecule has 0 spiro atoms. The van der Waals surface area contributed by atoms with Crippen molar-refractivity contribution >= 4 is 50.7 Å². The SMILES string of the molecule is CCC(C(=O)NCC(C)C)N(Cc1ccccc1C)C(=O)CN(c1cc(Cl)cc(Cl)c1)S(=O)(=O)c1ccccc1. The van der Waals surface area contributed by atoms with Crippen LogP contribution in [0.25, 0.3) is 0 Å². The van der Waals surface area contributed by atoms with Crippen molar-refractivity contribution in [1.82, 2.24) is 10.2 Å². The van der Waals surface area contributed by atoms with E-state index in [0.717, 1.165) is 15.4 Å². The highest BCUT2D eigenvalue weighted by atomic mass is 35.5. The minimum atomic E-state index is -4.20. The maximum atomic E-state index is 14.1. The average molecular weight is 605 g/mol. The zero-order valence-electron chi connectivity index (χ0n) is 23.1. The average Bonchev–Trinajstić information content (AvgIpc) is 2.91. The Hall–Kier alpha value is -3.07. The van der Waals surface area contributed by atoms with Crippen LogP contribution in [0.1, 0.15) is 38.3 Å². The zero-order chi connectivity index (χ0) is 29.4. The lowest BCUT2D eigenvalue weighted by Crippen LogP contribution is -2.52. The molecule has 1 atom stereocenters. The molecule has 0 aliphatic rings. The molecule has 3 rings (SSSR count). The number of amides is 2. The summed E-state index contributed by atoms with van der Waals surface area (Å²) in [6, 6.07) is 19.0. The first-order valence-corrected chi connectivity index (χ1v) is 15.3. The quantitative estimate of drug-likeness (QED) is 0.272. The normalized spacial score (nSPS) is 12.2. The van der Waals surface area contributed by atoms with E-state index < -0.39 is 28.5 Å². The lowest BCUT2D eigenvalue weighted by atomic mass is 10.1. The van der Waals surface area contributed by atoms with Crippen molar-refractivity contribution in [2.24, 2.45) is 5.92 Å². The Labute approximate surface area is 247 Å². The minimum Gasteiger partial charge on any atom is -0.354 e. The summed E-state index contributed by atoms with van der Waals surface area (Å²) in [5.41, 5.74) is 1.95. The third-order valence-corrected chi connectivity index (χ3v) is 8.64. The summed E-state index contributed by atoms with van der Waals surface area (Å²) in [7, 11) is -4.20. The van der Waals surface area contributed by atoms with Crippen molar-refractivity contribution in [2.75, 3.05) is 17.4 Å². The van der Waals surface area contributed by atoms with Gasteiger partial charge in [-0.3, -0.25) is 13.9 Å². The Balaban J connectivity index is 2.08. The number of nitrogens with zero attached hydrogens (tertiary/aromatic N) is 2. The van der Waals surface area contributed by atoms with Crippen LogP contribution in [0, 0.1) is 12.8 Å². The molecule has 7 nitrogen and oxygen atoms in total. The van der Waals surface area contributed by atoms with Crippen LogP contribution in [0.4, 0.5) is 5.69 Å². The maximum absolute atomic E-state index is 14.1. The third kappa shape index (κ3) is 7.99. The second-order valence-electron chi connectivity index (χ2n) is 9.96. The number of hydrogen-bond acceptors (Lipinski definition) is 4. The molecule has 1 N–H and O–H groups in total. The number of carbonyl (C=O) groups excluding carboxylic acids is 2. The largest absolute Gasteiger partial charge is 0.354 e. The number of nitrogens with one attached hydrogen (secondary N) is 1. The second kappa shape index (κ2) is 14.0. The second-order valence-corrected chi connectivity index (χ2v) is 12.7. The number of halogens is 2. The number of benzene rings is 3. The van der Waals surface area contributed by atoms with Gasteiger partial charge in [0.25, 0.3) is 10.0 Å². The van der Waals surface area contributed by atoms with Crippen LogP contribution in [0.5, 0.6) is 0 Å². The van der Waals surface area contributed by atoms with Crippen molar-refractivity contribution in [3.05, 3.63) is 94.0 Å². The molecule has 0 saturated carbocycles. The van der Waals surface area contributed by atoms with Gasteiger partial charge in [-0.25, -0.2) is 8.42 Å². The highest BCUT2D eigenvalue weighted by Gasteiger charge is 2.34. The van der Waals surface area contributed by atoms with Crippen LogP contribution in [0.15, 0.2) is 77.7 Å². The van der Waals surface area contributed by atoms with E-state index in [-0.39, 0.29) is 39.0 Å². The summed E-state index contributed by atoms with van der Waals surface area (Å²) in [6.45, 7) is 7.75. The van der Waals surface area contributed by atoms with Gasteiger partial charge >= 0.3 is 0 Å². The fourth-order valence-electron chi connectivity index (χ4n) is 4.24. The molecule has 0 heterocycles. The van der Waals surface area contributed by atoms with Gasteiger partial charge < -0.3 is 10.2 Å². The number of hydrogen-bond donors (Lipinski definition) is 1. The minimum absolute atomic E-state index is 0.00562. The number of aryl methyl sites for hydroxylation is 1. The molecule has 0 saturated heterocycles. The highest BCUT2D eigenvalue weighted by molar-refractivity contribution is 7.92. The van der Waals surface area contributed by atoms with Crippen LogP contribution in [-0.2, 0) is 26.2 Å². The van der Waals surface area contributed by atoms with Crippen molar-refractivity contribution in [1.29, 1.82) is 0 Å². The summed E-state index contributed by atoms with van der Waals surface area (Å²) in [6.07, 6.45) is 0.343. The van der Waals surface area contributed by atoms with Gasteiger partial charge in [0.15, 0.2) is 0 Å². The molecule has 3 aromatic carbocycles. The molecule has 1 unspecified atom stereocenters. The molecule has 0 bridgehead atoms. The Morgan fingerprint density at radius 3 is 2.10 bits per heavy atom. The molecule has 40 heavy (non-hydrogen) atoms. The van der Waals surface area contributed by atoms with Gasteiger partial charge in [-0.15, -0.1) is 0 Å². The Bertz CT molecular complexity index is 1410. The summed E-state index contributed by atoms with van der Waals surface area (Å²) >= 11 is 12.5. The molecular weight excluding hydrogens is 569 g/mol. The van der Waals surface area contributed by atoms with Gasteiger partial charge in [-0.1, -0.05) is 86.4 Å². The van der Waals surface area contributed by atoms with E-state index in [1.165, 1.54) is 35.2 Å². The standard InChI is InChI=1S/C30H35Cl2N3O4S/c1-5-28(30(37)33-18-21(2)3)34(19-23-12-10-9-11-22(23)4)29(36)20-35(26-16-24(31)15-25(32)17-26)40(38,39)27-13-7-6-8-14-27/h6-17,21,28H,5,18-20H2,1-4H3,(H,33,37). The molecule has 214 valence electrons. The van der Waals surface area contributed by atoms with E-state index in [9.17, 15) is 18.0 Å². The summed E-state index contributed by atoms with van der Waals surface area (Å²) in [4.78, 5) is 28.9. The van der Waals surface area contributed by atoms with E-state index >= 15 is 0 Å². The van der Waals surface area contributed by atoms with Crippen molar-refractivity contribution in [2.45, 2.75) is 51.6 Å². The molecule has 0 aliphatic heterocycles. The summed E-state index contributed by atoms with van der Waals surface area (Å²) in [5, 5.41) is 3.37.